The van der Waals surface area contributed by atoms with Gasteiger partial charge in [0.2, 0.25) is 0 Å². The summed E-state index contributed by atoms with van der Waals surface area (Å²) in [6, 6.07) is 6.38. The van der Waals surface area contributed by atoms with E-state index in [1.54, 1.807) is 0 Å². The minimum absolute atomic E-state index is 0.433. The number of hydrogen-bond donors (Lipinski definition) is 2. The molecule has 0 unspecified atom stereocenters. The molecule has 2 heteroatoms. The molecule has 14 heavy (non-hydrogen) atoms. The van der Waals surface area contributed by atoms with Crippen LogP contribution in [0.15, 0.2) is 18.2 Å². The Balaban J connectivity index is 2.12. The predicted molar refractivity (Wildman–Crippen MR) is 58.1 cm³/mol. The molecular formula is C12H16N2. The molecule has 1 aromatic rings. The molecule has 0 aromatic heterocycles. The van der Waals surface area contributed by atoms with E-state index in [4.69, 9.17) is 5.73 Å². The van der Waals surface area contributed by atoms with E-state index in [0.717, 1.165) is 18.8 Å². The van der Waals surface area contributed by atoms with Crippen LogP contribution in [0.25, 0.3) is 0 Å². The van der Waals surface area contributed by atoms with Crippen LogP contribution in [0.5, 0.6) is 0 Å². The number of hydrogen-bond acceptors (Lipinski definition) is 2. The number of fused-ring (bicyclic) bond motifs is 2. The molecule has 1 fully saturated rings. The summed E-state index contributed by atoms with van der Waals surface area (Å²) in [7, 11) is 0. The van der Waals surface area contributed by atoms with E-state index >= 15 is 0 Å². The normalized spacial score (nSPS) is 22.9. The van der Waals surface area contributed by atoms with Crippen LogP contribution in [0.3, 0.4) is 0 Å². The van der Waals surface area contributed by atoms with Crippen molar-refractivity contribution in [1.82, 2.24) is 5.32 Å². The van der Waals surface area contributed by atoms with Crippen molar-refractivity contribution >= 4 is 5.69 Å². The summed E-state index contributed by atoms with van der Waals surface area (Å²) in [4.78, 5) is 0. The highest BCUT2D eigenvalue weighted by Crippen LogP contribution is 2.46. The van der Waals surface area contributed by atoms with Crippen LogP contribution in [0.1, 0.15) is 30.4 Å². The van der Waals surface area contributed by atoms with Gasteiger partial charge in [-0.2, -0.15) is 0 Å². The molecule has 1 saturated carbocycles. The lowest BCUT2D eigenvalue weighted by molar-refractivity contribution is 0.219. The monoisotopic (exact) mass is 188 g/mol. The molecule has 0 atom stereocenters. The van der Waals surface area contributed by atoms with E-state index in [1.165, 1.54) is 30.4 Å². The second kappa shape index (κ2) is 2.74. The summed E-state index contributed by atoms with van der Waals surface area (Å²) >= 11 is 0. The van der Waals surface area contributed by atoms with Crippen molar-refractivity contribution < 1.29 is 0 Å². The Hall–Kier alpha value is -1.02. The first-order valence-corrected chi connectivity index (χ1v) is 5.40. The Bertz CT molecular complexity index is 367. The van der Waals surface area contributed by atoms with E-state index in [2.05, 4.69) is 17.4 Å². The molecule has 74 valence electrons. The standard InChI is InChI=1S/C12H16N2/c13-10-3-2-9-7-14-8-12(4-1-5-12)11(9)6-10/h2-3,6,14H,1,4-5,7-8,13H2. The fourth-order valence-corrected chi connectivity index (χ4v) is 2.82. The van der Waals surface area contributed by atoms with Gasteiger partial charge in [-0.3, -0.25) is 0 Å². The molecular weight excluding hydrogens is 172 g/mol. The van der Waals surface area contributed by atoms with Crippen molar-refractivity contribution in [2.24, 2.45) is 0 Å². The summed E-state index contributed by atoms with van der Waals surface area (Å²) in [5.74, 6) is 0. The molecule has 1 aromatic carbocycles. The molecule has 2 aliphatic rings. The summed E-state index contributed by atoms with van der Waals surface area (Å²) < 4.78 is 0. The first-order valence-electron chi connectivity index (χ1n) is 5.40. The Kier molecular flexibility index (Phi) is 1.62. The Morgan fingerprint density at radius 1 is 1.29 bits per heavy atom. The zero-order chi connectivity index (χ0) is 9.60. The third kappa shape index (κ3) is 1.01. The first kappa shape index (κ1) is 8.30. The zero-order valence-corrected chi connectivity index (χ0v) is 8.34. The molecule has 1 aliphatic carbocycles. The Morgan fingerprint density at radius 3 is 2.86 bits per heavy atom. The highest BCUT2D eigenvalue weighted by atomic mass is 14.9. The van der Waals surface area contributed by atoms with Crippen LogP contribution >= 0.6 is 0 Å². The fraction of sp³-hybridized carbons (Fsp3) is 0.500. The van der Waals surface area contributed by atoms with Crippen LogP contribution in [0, 0.1) is 0 Å². The minimum atomic E-state index is 0.433. The van der Waals surface area contributed by atoms with Crippen molar-refractivity contribution in [3.63, 3.8) is 0 Å². The average Bonchev–Trinajstić information content (AvgIpc) is 2.14. The van der Waals surface area contributed by atoms with Gasteiger partial charge in [-0.1, -0.05) is 12.5 Å². The van der Waals surface area contributed by atoms with Gasteiger partial charge in [0.1, 0.15) is 0 Å². The molecule has 0 radical (unpaired) electrons. The number of anilines is 1. The maximum absolute atomic E-state index is 5.86. The molecule has 0 bridgehead atoms. The van der Waals surface area contributed by atoms with Crippen LogP contribution in [-0.2, 0) is 12.0 Å². The number of nitrogens with two attached hydrogens (primary N) is 1. The van der Waals surface area contributed by atoms with E-state index < -0.39 is 0 Å². The van der Waals surface area contributed by atoms with E-state index in [9.17, 15) is 0 Å². The topological polar surface area (TPSA) is 38.0 Å². The van der Waals surface area contributed by atoms with Gasteiger partial charge in [0, 0.05) is 24.2 Å². The number of benzene rings is 1. The third-order valence-electron chi connectivity index (χ3n) is 3.79. The van der Waals surface area contributed by atoms with Crippen molar-refractivity contribution in [3.05, 3.63) is 29.3 Å². The summed E-state index contributed by atoms with van der Waals surface area (Å²) in [5, 5.41) is 3.51. The van der Waals surface area contributed by atoms with E-state index in [0.29, 0.717) is 5.41 Å². The van der Waals surface area contributed by atoms with Crippen LogP contribution < -0.4 is 11.1 Å². The largest absolute Gasteiger partial charge is 0.399 e. The van der Waals surface area contributed by atoms with E-state index in [-0.39, 0.29) is 0 Å². The number of rotatable bonds is 0. The van der Waals surface area contributed by atoms with Gasteiger partial charge in [-0.25, -0.2) is 0 Å². The van der Waals surface area contributed by atoms with E-state index in [1.807, 2.05) is 6.07 Å². The Labute approximate surface area is 84.5 Å². The van der Waals surface area contributed by atoms with Gasteiger partial charge in [-0.05, 0) is 36.1 Å². The zero-order valence-electron chi connectivity index (χ0n) is 8.34. The minimum Gasteiger partial charge on any atom is -0.399 e. The van der Waals surface area contributed by atoms with Crippen LogP contribution in [0.2, 0.25) is 0 Å². The molecule has 1 heterocycles. The average molecular weight is 188 g/mol. The van der Waals surface area contributed by atoms with Crippen molar-refractivity contribution in [2.45, 2.75) is 31.2 Å². The lowest BCUT2D eigenvalue weighted by Gasteiger charge is -2.46. The van der Waals surface area contributed by atoms with Crippen LogP contribution in [0.4, 0.5) is 5.69 Å². The van der Waals surface area contributed by atoms with Gasteiger partial charge in [-0.15, -0.1) is 0 Å². The highest BCUT2D eigenvalue weighted by molar-refractivity contribution is 5.49. The molecule has 3 N–H and O–H groups in total. The second-order valence-electron chi connectivity index (χ2n) is 4.65. The molecule has 1 aliphatic heterocycles. The number of nitrogens with one attached hydrogen (secondary N) is 1. The first-order chi connectivity index (χ1) is 6.80. The predicted octanol–water partition coefficient (Wildman–Crippen LogP) is 1.79. The third-order valence-corrected chi connectivity index (χ3v) is 3.79. The lowest BCUT2D eigenvalue weighted by atomic mass is 9.62. The van der Waals surface area contributed by atoms with Crippen molar-refractivity contribution in [2.75, 3.05) is 12.3 Å². The molecule has 0 amide bonds. The fourth-order valence-electron chi connectivity index (χ4n) is 2.82. The molecule has 1 spiro atoms. The van der Waals surface area contributed by atoms with Gasteiger partial charge in [0.15, 0.2) is 0 Å². The van der Waals surface area contributed by atoms with Gasteiger partial charge >= 0.3 is 0 Å². The highest BCUT2D eigenvalue weighted by Gasteiger charge is 2.41. The summed E-state index contributed by atoms with van der Waals surface area (Å²) in [6.45, 7) is 2.15. The number of nitrogen functional groups attached to an aromatic ring is 1. The second-order valence-corrected chi connectivity index (χ2v) is 4.65. The SMILES string of the molecule is Nc1ccc2c(c1)C1(CCC1)CNC2. The maximum atomic E-state index is 5.86. The molecule has 2 nitrogen and oxygen atoms in total. The van der Waals surface area contributed by atoms with Gasteiger partial charge in [0.05, 0.1) is 0 Å². The summed E-state index contributed by atoms with van der Waals surface area (Å²) in [5.41, 5.74) is 10.2. The molecule has 0 saturated heterocycles. The Morgan fingerprint density at radius 2 is 2.14 bits per heavy atom. The quantitative estimate of drug-likeness (QED) is 0.609. The maximum Gasteiger partial charge on any atom is 0.0317 e. The van der Waals surface area contributed by atoms with Crippen molar-refractivity contribution in [1.29, 1.82) is 0 Å². The van der Waals surface area contributed by atoms with Gasteiger partial charge in [0.25, 0.3) is 0 Å². The van der Waals surface area contributed by atoms with Crippen LogP contribution in [-0.4, -0.2) is 6.54 Å². The smallest absolute Gasteiger partial charge is 0.0317 e. The molecule has 3 rings (SSSR count). The van der Waals surface area contributed by atoms with Crippen molar-refractivity contribution in [3.8, 4) is 0 Å². The lowest BCUT2D eigenvalue weighted by Crippen LogP contribution is -2.47. The summed E-state index contributed by atoms with van der Waals surface area (Å²) in [6.07, 6.45) is 4.03. The van der Waals surface area contributed by atoms with Gasteiger partial charge < -0.3 is 11.1 Å².